The maximum Gasteiger partial charge on any atom is 0.257 e. The Morgan fingerprint density at radius 2 is 1.74 bits per heavy atom. The van der Waals surface area contributed by atoms with E-state index in [1.54, 1.807) is 23.4 Å². The Balaban J connectivity index is 2.05. The Hall–Kier alpha value is -2.08. The summed E-state index contributed by atoms with van der Waals surface area (Å²) in [5.74, 6) is 0.955. The topological polar surface area (TPSA) is 55.2 Å². The number of thioether (sulfide) groups is 1. The smallest absolute Gasteiger partial charge is 0.257 e. The second kappa shape index (κ2) is 11.0. The Kier molecular flexibility index (Phi) is 8.92. The molecule has 1 heterocycles. The van der Waals surface area contributed by atoms with Crippen LogP contribution in [0.5, 0.6) is 0 Å². The van der Waals surface area contributed by atoms with Gasteiger partial charge in [-0.2, -0.15) is 0 Å². The number of hydrogen-bond acceptors (Lipinski definition) is 4. The molecule has 1 aromatic carbocycles. The van der Waals surface area contributed by atoms with Crippen LogP contribution >= 0.6 is 11.8 Å². The maximum absolute atomic E-state index is 13.0. The van der Waals surface area contributed by atoms with Gasteiger partial charge in [0.15, 0.2) is 5.16 Å². The highest BCUT2D eigenvalue weighted by Gasteiger charge is 2.16. The number of rotatable bonds is 9. The minimum atomic E-state index is 0.00844. The van der Waals surface area contributed by atoms with Crippen LogP contribution in [0.15, 0.2) is 34.2 Å². The SMILES string of the molecule is CCN(CC)C(=O)CCCSc1nc(C)c(Cc2ccc(C(C)(C)C)cc2)c(=O)n1C. The van der Waals surface area contributed by atoms with E-state index in [1.165, 1.54) is 5.56 Å². The number of benzene rings is 1. The van der Waals surface area contributed by atoms with Crippen molar-refractivity contribution in [1.82, 2.24) is 14.5 Å². The molecule has 0 atom stereocenters. The van der Waals surface area contributed by atoms with Crippen molar-refractivity contribution in [2.24, 2.45) is 7.05 Å². The van der Waals surface area contributed by atoms with Crippen molar-refractivity contribution in [1.29, 1.82) is 0 Å². The number of aryl methyl sites for hydroxylation is 1. The van der Waals surface area contributed by atoms with Gasteiger partial charge in [0.2, 0.25) is 5.91 Å². The first-order valence-electron chi connectivity index (χ1n) is 11.1. The van der Waals surface area contributed by atoms with Gasteiger partial charge in [-0.15, -0.1) is 0 Å². The minimum absolute atomic E-state index is 0.00844. The van der Waals surface area contributed by atoms with Gasteiger partial charge in [0.05, 0.1) is 0 Å². The number of aromatic nitrogens is 2. The van der Waals surface area contributed by atoms with Crippen molar-refractivity contribution in [3.63, 3.8) is 0 Å². The van der Waals surface area contributed by atoms with Gasteiger partial charge >= 0.3 is 0 Å². The summed E-state index contributed by atoms with van der Waals surface area (Å²) in [6.45, 7) is 14.0. The molecule has 1 amide bonds. The molecule has 0 unspecified atom stereocenters. The van der Waals surface area contributed by atoms with Gasteiger partial charge in [-0.1, -0.05) is 56.8 Å². The largest absolute Gasteiger partial charge is 0.343 e. The predicted octanol–water partition coefficient (Wildman–Crippen LogP) is 4.72. The van der Waals surface area contributed by atoms with Crippen LogP contribution in [0.4, 0.5) is 0 Å². The normalized spacial score (nSPS) is 11.6. The zero-order chi connectivity index (χ0) is 23.2. The van der Waals surface area contributed by atoms with Crippen LogP contribution in [0.2, 0.25) is 0 Å². The van der Waals surface area contributed by atoms with E-state index in [9.17, 15) is 9.59 Å². The Labute approximate surface area is 191 Å². The van der Waals surface area contributed by atoms with E-state index >= 15 is 0 Å². The molecular formula is C25H37N3O2S. The number of nitrogens with zero attached hydrogens (tertiary/aromatic N) is 3. The summed E-state index contributed by atoms with van der Waals surface area (Å²) in [6, 6.07) is 8.50. The molecule has 0 saturated heterocycles. The third-order valence-corrected chi connectivity index (χ3v) is 6.75. The molecule has 0 aliphatic heterocycles. The fourth-order valence-corrected chi connectivity index (χ4v) is 4.46. The van der Waals surface area contributed by atoms with Gasteiger partial charge in [-0.05, 0) is 43.7 Å². The van der Waals surface area contributed by atoms with Crippen LogP contribution in [0.3, 0.4) is 0 Å². The lowest BCUT2D eigenvalue weighted by Gasteiger charge is -2.19. The van der Waals surface area contributed by atoms with E-state index in [-0.39, 0.29) is 16.9 Å². The first kappa shape index (κ1) is 25.2. The lowest BCUT2D eigenvalue weighted by Crippen LogP contribution is -2.30. The molecule has 31 heavy (non-hydrogen) atoms. The van der Waals surface area contributed by atoms with Crippen molar-refractivity contribution in [2.75, 3.05) is 18.8 Å². The van der Waals surface area contributed by atoms with Gasteiger partial charge in [0.25, 0.3) is 5.56 Å². The van der Waals surface area contributed by atoms with Gasteiger partial charge in [-0.3, -0.25) is 14.2 Å². The van der Waals surface area contributed by atoms with E-state index in [2.05, 4.69) is 45.0 Å². The molecule has 0 N–H and O–H groups in total. The minimum Gasteiger partial charge on any atom is -0.343 e. The highest BCUT2D eigenvalue weighted by molar-refractivity contribution is 7.99. The third-order valence-electron chi connectivity index (χ3n) is 5.63. The number of carbonyl (C=O) groups excluding carboxylic acids is 1. The standard InChI is InChI=1S/C25H37N3O2S/c1-8-28(9-2)22(29)11-10-16-31-24-26-18(3)21(23(30)27(24)7)17-19-12-14-20(15-13-19)25(4,5)6/h12-15H,8-11,16-17H2,1-7H3. The zero-order valence-electron chi connectivity index (χ0n) is 20.1. The predicted molar refractivity (Wildman–Crippen MR) is 130 cm³/mol. The molecule has 0 bridgehead atoms. The summed E-state index contributed by atoms with van der Waals surface area (Å²) in [5.41, 5.74) is 4.04. The van der Waals surface area contributed by atoms with Crippen molar-refractivity contribution in [3.05, 3.63) is 57.0 Å². The van der Waals surface area contributed by atoms with Gasteiger partial charge in [0, 0.05) is 50.0 Å². The third kappa shape index (κ3) is 6.70. The van der Waals surface area contributed by atoms with E-state index in [1.807, 2.05) is 25.7 Å². The average Bonchev–Trinajstić information content (AvgIpc) is 2.72. The number of carbonyl (C=O) groups is 1. The molecule has 1 aromatic heterocycles. The zero-order valence-corrected chi connectivity index (χ0v) is 20.9. The lowest BCUT2D eigenvalue weighted by atomic mass is 9.86. The molecule has 0 aliphatic carbocycles. The highest BCUT2D eigenvalue weighted by atomic mass is 32.2. The van der Waals surface area contributed by atoms with E-state index in [0.29, 0.717) is 18.0 Å². The summed E-state index contributed by atoms with van der Waals surface area (Å²) >= 11 is 1.55. The van der Waals surface area contributed by atoms with E-state index < -0.39 is 0 Å². The van der Waals surface area contributed by atoms with Crippen LogP contribution in [0.1, 0.15) is 69.8 Å². The fraction of sp³-hybridized carbons (Fsp3) is 0.560. The molecule has 2 aromatic rings. The Bertz CT molecular complexity index is 939. The summed E-state index contributed by atoms with van der Waals surface area (Å²) in [7, 11) is 1.78. The summed E-state index contributed by atoms with van der Waals surface area (Å²) < 4.78 is 1.64. The molecule has 0 fully saturated rings. The molecular weight excluding hydrogens is 406 g/mol. The second-order valence-corrected chi connectivity index (χ2v) is 10.0. The average molecular weight is 444 g/mol. The molecule has 0 saturated carbocycles. The molecule has 2 rings (SSSR count). The van der Waals surface area contributed by atoms with Crippen LogP contribution in [0.25, 0.3) is 0 Å². The van der Waals surface area contributed by atoms with Gasteiger partial charge in [-0.25, -0.2) is 4.98 Å². The highest BCUT2D eigenvalue weighted by Crippen LogP contribution is 2.23. The van der Waals surface area contributed by atoms with Crippen molar-refractivity contribution < 1.29 is 4.79 Å². The lowest BCUT2D eigenvalue weighted by molar-refractivity contribution is -0.130. The van der Waals surface area contributed by atoms with Gasteiger partial charge < -0.3 is 4.90 Å². The second-order valence-electron chi connectivity index (χ2n) is 8.96. The van der Waals surface area contributed by atoms with Gasteiger partial charge in [0.1, 0.15) is 0 Å². The van der Waals surface area contributed by atoms with Crippen molar-refractivity contribution in [3.8, 4) is 0 Å². The van der Waals surface area contributed by atoms with E-state index in [0.717, 1.165) is 42.1 Å². The first-order chi connectivity index (χ1) is 14.6. The molecule has 6 heteroatoms. The van der Waals surface area contributed by atoms with Crippen LogP contribution in [-0.4, -0.2) is 39.2 Å². The summed E-state index contributed by atoms with van der Waals surface area (Å²) in [5, 5.41) is 0.713. The molecule has 170 valence electrons. The Morgan fingerprint density at radius 3 is 2.29 bits per heavy atom. The molecule has 0 aliphatic rings. The summed E-state index contributed by atoms with van der Waals surface area (Å²) in [6.07, 6.45) is 1.89. The fourth-order valence-electron chi connectivity index (χ4n) is 3.51. The molecule has 0 spiro atoms. The Morgan fingerprint density at radius 1 is 1.13 bits per heavy atom. The number of hydrogen-bond donors (Lipinski definition) is 0. The monoisotopic (exact) mass is 443 g/mol. The van der Waals surface area contributed by atoms with E-state index in [4.69, 9.17) is 4.98 Å². The quantitative estimate of drug-likeness (QED) is 0.320. The van der Waals surface area contributed by atoms with Crippen molar-refractivity contribution in [2.45, 2.75) is 71.4 Å². The van der Waals surface area contributed by atoms with Crippen LogP contribution < -0.4 is 5.56 Å². The van der Waals surface area contributed by atoms with Crippen molar-refractivity contribution >= 4 is 17.7 Å². The van der Waals surface area contributed by atoms with Crippen LogP contribution in [-0.2, 0) is 23.7 Å². The first-order valence-corrected chi connectivity index (χ1v) is 12.1. The molecule has 5 nitrogen and oxygen atoms in total. The summed E-state index contributed by atoms with van der Waals surface area (Å²) in [4.78, 5) is 31.7. The number of amides is 1. The maximum atomic E-state index is 13.0. The molecule has 0 radical (unpaired) electrons. The van der Waals surface area contributed by atoms with Crippen LogP contribution in [0, 0.1) is 6.92 Å².